The van der Waals surface area contributed by atoms with Crippen LogP contribution in [0.2, 0.25) is 0 Å². The SMILES string of the molecule is C=CC(C)CCC(Br)C(=C)C. The monoisotopic (exact) mass is 216 g/mol. The number of allylic oxidation sites excluding steroid dienone is 2. The molecule has 0 aromatic rings. The molecule has 0 spiro atoms. The zero-order valence-corrected chi connectivity index (χ0v) is 9.02. The van der Waals surface area contributed by atoms with Gasteiger partial charge < -0.3 is 0 Å². The molecule has 0 aliphatic rings. The lowest BCUT2D eigenvalue weighted by Crippen LogP contribution is -2.01. The summed E-state index contributed by atoms with van der Waals surface area (Å²) in [4.78, 5) is 0.477. The van der Waals surface area contributed by atoms with E-state index in [0.717, 1.165) is 6.42 Å². The molecule has 0 aromatic heterocycles. The smallest absolute Gasteiger partial charge is 0.0349 e. The molecule has 2 atom stereocenters. The second-order valence-electron chi connectivity index (χ2n) is 3.10. The zero-order valence-electron chi connectivity index (χ0n) is 7.44. The first-order valence-electron chi connectivity index (χ1n) is 4.00. The van der Waals surface area contributed by atoms with E-state index in [1.807, 2.05) is 6.08 Å². The highest BCUT2D eigenvalue weighted by Crippen LogP contribution is 2.19. The second kappa shape index (κ2) is 5.59. The molecule has 0 bridgehead atoms. The normalized spacial score (nSPS) is 15.5. The average Bonchev–Trinajstić information content (AvgIpc) is 1.99. The Morgan fingerprint density at radius 2 is 2.09 bits per heavy atom. The first kappa shape index (κ1) is 11.0. The predicted molar refractivity (Wildman–Crippen MR) is 56.1 cm³/mol. The van der Waals surface area contributed by atoms with Crippen molar-refractivity contribution < 1.29 is 0 Å². The van der Waals surface area contributed by atoms with Crippen molar-refractivity contribution in [3.05, 3.63) is 24.8 Å². The van der Waals surface area contributed by atoms with Crippen molar-refractivity contribution >= 4 is 15.9 Å². The van der Waals surface area contributed by atoms with Crippen molar-refractivity contribution in [2.24, 2.45) is 5.92 Å². The van der Waals surface area contributed by atoms with Crippen LogP contribution in [0.1, 0.15) is 26.7 Å². The zero-order chi connectivity index (χ0) is 8.85. The quantitative estimate of drug-likeness (QED) is 0.483. The van der Waals surface area contributed by atoms with Gasteiger partial charge in [-0.1, -0.05) is 41.1 Å². The first-order chi connectivity index (χ1) is 5.07. The summed E-state index contributed by atoms with van der Waals surface area (Å²) < 4.78 is 0. The van der Waals surface area contributed by atoms with Crippen LogP contribution in [0.25, 0.3) is 0 Å². The van der Waals surface area contributed by atoms with Gasteiger partial charge in [0, 0.05) is 4.83 Å². The van der Waals surface area contributed by atoms with E-state index in [9.17, 15) is 0 Å². The van der Waals surface area contributed by atoms with E-state index in [1.54, 1.807) is 0 Å². The van der Waals surface area contributed by atoms with E-state index < -0.39 is 0 Å². The molecule has 0 heterocycles. The second-order valence-corrected chi connectivity index (χ2v) is 4.21. The number of alkyl halides is 1. The minimum atomic E-state index is 0.477. The highest BCUT2D eigenvalue weighted by Gasteiger charge is 2.05. The van der Waals surface area contributed by atoms with Crippen molar-refractivity contribution in [1.82, 2.24) is 0 Å². The van der Waals surface area contributed by atoms with Crippen LogP contribution in [0.3, 0.4) is 0 Å². The van der Waals surface area contributed by atoms with Gasteiger partial charge in [0.2, 0.25) is 0 Å². The van der Waals surface area contributed by atoms with Crippen LogP contribution in [0.15, 0.2) is 24.8 Å². The molecule has 0 amide bonds. The molecule has 0 N–H and O–H groups in total. The first-order valence-corrected chi connectivity index (χ1v) is 4.91. The summed E-state index contributed by atoms with van der Waals surface area (Å²) in [6.07, 6.45) is 4.34. The van der Waals surface area contributed by atoms with E-state index in [1.165, 1.54) is 12.0 Å². The lowest BCUT2D eigenvalue weighted by molar-refractivity contribution is 0.615. The molecule has 2 unspecified atom stereocenters. The van der Waals surface area contributed by atoms with Crippen LogP contribution >= 0.6 is 15.9 Å². The van der Waals surface area contributed by atoms with Crippen molar-refractivity contribution in [3.8, 4) is 0 Å². The topological polar surface area (TPSA) is 0 Å². The standard InChI is InChI=1S/C10H17Br/c1-5-9(4)6-7-10(11)8(2)3/h5,9-10H,1-2,6-7H2,3-4H3. The summed E-state index contributed by atoms with van der Waals surface area (Å²) in [5.74, 6) is 0.620. The van der Waals surface area contributed by atoms with Crippen molar-refractivity contribution in [1.29, 1.82) is 0 Å². The summed E-state index contributed by atoms with van der Waals surface area (Å²) in [6, 6.07) is 0. The molecule has 0 fully saturated rings. The Hall–Kier alpha value is -0.0400. The van der Waals surface area contributed by atoms with E-state index in [0.29, 0.717) is 10.7 Å². The lowest BCUT2D eigenvalue weighted by Gasteiger charge is -2.10. The average molecular weight is 217 g/mol. The number of hydrogen-bond donors (Lipinski definition) is 0. The Morgan fingerprint density at radius 1 is 1.55 bits per heavy atom. The summed E-state index contributed by atoms with van der Waals surface area (Å²) in [5.41, 5.74) is 1.21. The molecule has 0 radical (unpaired) electrons. The van der Waals surface area contributed by atoms with Crippen LogP contribution in [0.4, 0.5) is 0 Å². The third-order valence-corrected chi connectivity index (χ3v) is 3.05. The summed E-state index contributed by atoms with van der Waals surface area (Å²) in [5, 5.41) is 0. The third-order valence-electron chi connectivity index (χ3n) is 1.81. The molecule has 0 nitrogen and oxygen atoms in total. The largest absolute Gasteiger partial charge is 0.103 e. The number of hydrogen-bond acceptors (Lipinski definition) is 0. The van der Waals surface area contributed by atoms with E-state index in [4.69, 9.17) is 0 Å². The van der Waals surface area contributed by atoms with Crippen LogP contribution in [-0.4, -0.2) is 4.83 Å². The fourth-order valence-electron chi connectivity index (χ4n) is 0.773. The minimum Gasteiger partial charge on any atom is -0.103 e. The van der Waals surface area contributed by atoms with Crippen LogP contribution in [0, 0.1) is 5.92 Å². The fraction of sp³-hybridized carbons (Fsp3) is 0.600. The van der Waals surface area contributed by atoms with Crippen molar-refractivity contribution in [2.75, 3.05) is 0 Å². The molecule has 0 saturated heterocycles. The molecule has 0 saturated carbocycles. The maximum Gasteiger partial charge on any atom is 0.0349 e. The van der Waals surface area contributed by atoms with Crippen LogP contribution < -0.4 is 0 Å². The van der Waals surface area contributed by atoms with Gasteiger partial charge in [-0.2, -0.15) is 0 Å². The maximum atomic E-state index is 3.89. The van der Waals surface area contributed by atoms with Gasteiger partial charge in [-0.05, 0) is 25.7 Å². The molecule has 0 aliphatic carbocycles. The van der Waals surface area contributed by atoms with Gasteiger partial charge in [0.15, 0.2) is 0 Å². The molecule has 64 valence electrons. The molecular weight excluding hydrogens is 200 g/mol. The van der Waals surface area contributed by atoms with Gasteiger partial charge in [0.1, 0.15) is 0 Å². The highest BCUT2D eigenvalue weighted by atomic mass is 79.9. The summed E-state index contributed by atoms with van der Waals surface area (Å²) in [6.45, 7) is 11.9. The molecular formula is C10H17Br. The molecule has 0 aromatic carbocycles. The lowest BCUT2D eigenvalue weighted by atomic mass is 10.0. The molecule has 11 heavy (non-hydrogen) atoms. The Kier molecular flexibility index (Phi) is 5.57. The molecule has 0 rings (SSSR count). The van der Waals surface area contributed by atoms with Gasteiger partial charge in [-0.3, -0.25) is 0 Å². The number of rotatable bonds is 5. The Bertz CT molecular complexity index is 138. The minimum absolute atomic E-state index is 0.477. The third kappa shape index (κ3) is 5.25. The van der Waals surface area contributed by atoms with E-state index >= 15 is 0 Å². The Balaban J connectivity index is 3.53. The Labute approximate surface area is 78.5 Å². The van der Waals surface area contributed by atoms with Gasteiger partial charge in [0.25, 0.3) is 0 Å². The molecule has 0 aliphatic heterocycles. The van der Waals surface area contributed by atoms with E-state index in [-0.39, 0.29) is 0 Å². The van der Waals surface area contributed by atoms with Crippen molar-refractivity contribution in [2.45, 2.75) is 31.5 Å². The number of halogens is 1. The van der Waals surface area contributed by atoms with Crippen LogP contribution in [-0.2, 0) is 0 Å². The van der Waals surface area contributed by atoms with Crippen LogP contribution in [0.5, 0.6) is 0 Å². The van der Waals surface area contributed by atoms with E-state index in [2.05, 4.69) is 42.9 Å². The fourth-order valence-corrected chi connectivity index (χ4v) is 1.04. The van der Waals surface area contributed by atoms with Gasteiger partial charge in [-0.15, -0.1) is 6.58 Å². The predicted octanol–water partition coefficient (Wildman–Crippen LogP) is 3.93. The molecule has 1 heteroatoms. The van der Waals surface area contributed by atoms with Gasteiger partial charge in [0.05, 0.1) is 0 Å². The summed E-state index contributed by atoms with van der Waals surface area (Å²) in [7, 11) is 0. The Morgan fingerprint density at radius 3 is 2.45 bits per heavy atom. The highest BCUT2D eigenvalue weighted by molar-refractivity contribution is 9.09. The van der Waals surface area contributed by atoms with Gasteiger partial charge >= 0.3 is 0 Å². The maximum absolute atomic E-state index is 3.89. The van der Waals surface area contributed by atoms with Crippen molar-refractivity contribution in [3.63, 3.8) is 0 Å². The summed E-state index contributed by atoms with van der Waals surface area (Å²) >= 11 is 3.57. The van der Waals surface area contributed by atoms with Gasteiger partial charge in [-0.25, -0.2) is 0 Å².